The molecule has 0 amide bonds. The molecule has 0 aliphatic rings. The quantitative estimate of drug-likeness (QED) is 0.182. The van der Waals surface area contributed by atoms with Crippen molar-refractivity contribution in [3.8, 4) is 0 Å². The van der Waals surface area contributed by atoms with Crippen LogP contribution in [0.4, 0.5) is 0 Å². The molecule has 1 nitrogen and oxygen atoms in total. The molecule has 3 aromatic rings. The number of nitrogens with zero attached hydrogens (tertiary/aromatic N) is 1. The molecule has 0 bridgehead atoms. The monoisotopic (exact) mass is 626 g/mol. The van der Waals surface area contributed by atoms with Gasteiger partial charge in [-0.25, -0.2) is 4.98 Å². The van der Waals surface area contributed by atoms with Crippen LogP contribution in [0.25, 0.3) is 16.7 Å². The summed E-state index contributed by atoms with van der Waals surface area (Å²) in [6.45, 7) is 34.7. The maximum Gasteiger partial charge on any atom is 0.0669 e. The number of aromatic nitrogens is 1. The number of pyridine rings is 1. The number of hydrogen-bond donors (Lipinski definition) is 0. The normalized spacial score (nSPS) is 11.0. The van der Waals surface area contributed by atoms with Gasteiger partial charge in [-0.15, -0.1) is 0 Å². The molecule has 1 aromatic heterocycles. The lowest BCUT2D eigenvalue weighted by Gasteiger charge is -2.20. The van der Waals surface area contributed by atoms with E-state index < -0.39 is 0 Å². The fourth-order valence-electron chi connectivity index (χ4n) is 5.56. The molecular weight excluding hydrogens is 555 g/mol. The van der Waals surface area contributed by atoms with Gasteiger partial charge in [0, 0.05) is 0 Å². The van der Waals surface area contributed by atoms with Gasteiger partial charge in [-0.2, -0.15) is 0 Å². The van der Waals surface area contributed by atoms with Crippen LogP contribution in [0.3, 0.4) is 0 Å². The van der Waals surface area contributed by atoms with Crippen LogP contribution >= 0.6 is 0 Å². The molecule has 0 fully saturated rings. The zero-order valence-corrected chi connectivity index (χ0v) is 32.7. The highest BCUT2D eigenvalue weighted by Crippen LogP contribution is 2.34. The van der Waals surface area contributed by atoms with Crippen molar-refractivity contribution in [3.63, 3.8) is 0 Å². The van der Waals surface area contributed by atoms with E-state index >= 15 is 0 Å². The zero-order valence-electron chi connectivity index (χ0n) is 32.7. The van der Waals surface area contributed by atoms with Crippen LogP contribution in [0.5, 0.6) is 0 Å². The molecule has 46 heavy (non-hydrogen) atoms. The van der Waals surface area contributed by atoms with E-state index in [-0.39, 0.29) is 0 Å². The van der Waals surface area contributed by atoms with Gasteiger partial charge in [-0.05, 0) is 127 Å². The minimum Gasteiger partial charge on any atom is -0.249 e. The highest BCUT2D eigenvalue weighted by atomic mass is 14.7. The molecule has 256 valence electrons. The Morgan fingerprint density at radius 2 is 1.11 bits per heavy atom. The summed E-state index contributed by atoms with van der Waals surface area (Å²) in [5.74, 6) is 1.15. The molecule has 0 saturated carbocycles. The van der Waals surface area contributed by atoms with E-state index in [0.717, 1.165) is 23.4 Å². The van der Waals surface area contributed by atoms with Gasteiger partial charge >= 0.3 is 0 Å². The second kappa shape index (κ2) is 24.3. The average Bonchev–Trinajstić information content (AvgIpc) is 3.05. The van der Waals surface area contributed by atoms with Crippen molar-refractivity contribution < 1.29 is 0 Å². The first-order valence-electron chi connectivity index (χ1n) is 18.5. The van der Waals surface area contributed by atoms with Crippen molar-refractivity contribution >= 4 is 16.7 Å². The van der Waals surface area contributed by atoms with Crippen LogP contribution in [0.1, 0.15) is 185 Å². The molecule has 3 rings (SSSR count). The Morgan fingerprint density at radius 3 is 1.63 bits per heavy atom. The minimum atomic E-state index is 0.504. The number of benzene rings is 2. The van der Waals surface area contributed by atoms with Crippen LogP contribution in [0.15, 0.2) is 61.2 Å². The third-order valence-corrected chi connectivity index (χ3v) is 8.27. The van der Waals surface area contributed by atoms with Gasteiger partial charge < -0.3 is 0 Å². The van der Waals surface area contributed by atoms with Crippen molar-refractivity contribution in [1.29, 1.82) is 0 Å². The Balaban J connectivity index is 0.000000856. The second-order valence-electron chi connectivity index (χ2n) is 13.0. The lowest BCUT2D eigenvalue weighted by atomic mass is 9.85. The predicted octanol–water partition coefficient (Wildman–Crippen LogP) is 14.8. The van der Waals surface area contributed by atoms with E-state index in [2.05, 4.69) is 131 Å². The average molecular weight is 626 g/mol. The van der Waals surface area contributed by atoms with Gasteiger partial charge in [0.15, 0.2) is 0 Å². The first-order valence-corrected chi connectivity index (χ1v) is 18.5. The van der Waals surface area contributed by atoms with Crippen LogP contribution in [-0.4, -0.2) is 4.98 Å². The van der Waals surface area contributed by atoms with E-state index in [1.54, 1.807) is 5.56 Å². The Labute approximate surface area is 287 Å². The Hall–Kier alpha value is -2.93. The molecule has 1 heterocycles. The van der Waals surface area contributed by atoms with Crippen molar-refractivity contribution in [2.24, 2.45) is 0 Å². The van der Waals surface area contributed by atoms with Crippen LogP contribution in [0, 0.1) is 6.92 Å². The summed E-state index contributed by atoms with van der Waals surface area (Å²) in [6.07, 6.45) is 10.1. The minimum absolute atomic E-state index is 0.504. The first-order chi connectivity index (χ1) is 21.9. The van der Waals surface area contributed by atoms with E-state index in [1.807, 2.05) is 26.8 Å². The van der Waals surface area contributed by atoms with Gasteiger partial charge in [0.05, 0.1) is 11.4 Å². The zero-order chi connectivity index (χ0) is 35.2. The summed E-state index contributed by atoms with van der Waals surface area (Å²) >= 11 is 0. The SMILES string of the molecule is C=C(C)c1cccc(/C(C)=C(\C)c2c(CCCC)cccc2C(C)C)n1.CC.CCC.CCCCCc1cccc(C(C)C)c1C. The number of unbranched alkanes of at least 4 members (excludes halogenated alkanes) is 3. The molecule has 0 N–H and O–H groups in total. The van der Waals surface area contributed by atoms with Crippen molar-refractivity contribution in [1.82, 2.24) is 4.98 Å². The molecule has 1 heteroatoms. The Bertz CT molecular complexity index is 1300. The van der Waals surface area contributed by atoms with Gasteiger partial charge in [0.1, 0.15) is 0 Å². The van der Waals surface area contributed by atoms with E-state index in [4.69, 9.17) is 4.98 Å². The number of hydrogen-bond acceptors (Lipinski definition) is 1. The molecule has 0 spiro atoms. The fraction of sp³-hybridized carbons (Fsp3) is 0.533. The summed E-state index contributed by atoms with van der Waals surface area (Å²) < 4.78 is 0. The third-order valence-electron chi connectivity index (χ3n) is 8.27. The highest BCUT2D eigenvalue weighted by molar-refractivity contribution is 5.90. The van der Waals surface area contributed by atoms with Crippen molar-refractivity contribution in [3.05, 3.63) is 106 Å². The van der Waals surface area contributed by atoms with Gasteiger partial charge in [0.25, 0.3) is 0 Å². The molecule has 0 unspecified atom stereocenters. The lowest BCUT2D eigenvalue weighted by molar-refractivity contribution is 0.713. The largest absolute Gasteiger partial charge is 0.249 e. The molecular formula is C45H71N. The number of aryl methyl sites for hydroxylation is 2. The Kier molecular flexibility index (Phi) is 22.7. The van der Waals surface area contributed by atoms with Gasteiger partial charge in [0.2, 0.25) is 0 Å². The number of allylic oxidation sites excluding steroid dienone is 3. The molecule has 0 aliphatic carbocycles. The summed E-state index contributed by atoms with van der Waals surface area (Å²) in [6, 6.07) is 19.8. The summed E-state index contributed by atoms with van der Waals surface area (Å²) in [5, 5.41) is 0. The first kappa shape index (κ1) is 43.1. The maximum absolute atomic E-state index is 4.83. The van der Waals surface area contributed by atoms with Crippen molar-refractivity contribution in [2.75, 3.05) is 0 Å². The second-order valence-corrected chi connectivity index (χ2v) is 13.0. The van der Waals surface area contributed by atoms with Crippen LogP contribution < -0.4 is 0 Å². The molecule has 2 aromatic carbocycles. The van der Waals surface area contributed by atoms with Gasteiger partial charge in [-0.1, -0.05) is 144 Å². The molecule has 0 saturated heterocycles. The molecule has 0 radical (unpaired) electrons. The standard InChI is InChI=1S/C25H33N.C15H24.C3H8.C2H6/c1-8-9-12-21-13-10-14-22(17(2)3)25(21)20(7)19(6)24-16-11-15-23(26-24)18(4)5;1-5-6-7-9-14-10-8-11-15(12(2)3)13(14)4;1-3-2;1-2/h10-11,13-17H,4,8-9,12H2,1-3,5-7H3;8,10-12H,5-7,9H2,1-4H3;3H2,1-2H3;1-2H3/b20-19+;;;. The van der Waals surface area contributed by atoms with Crippen LogP contribution in [-0.2, 0) is 12.8 Å². The van der Waals surface area contributed by atoms with Crippen LogP contribution in [0.2, 0.25) is 0 Å². The summed E-state index contributed by atoms with van der Waals surface area (Å²) in [4.78, 5) is 4.83. The smallest absolute Gasteiger partial charge is 0.0669 e. The maximum atomic E-state index is 4.83. The molecule has 0 atom stereocenters. The van der Waals surface area contributed by atoms with E-state index in [0.29, 0.717) is 11.8 Å². The van der Waals surface area contributed by atoms with E-state index in [1.165, 1.54) is 83.9 Å². The summed E-state index contributed by atoms with van der Waals surface area (Å²) in [5.41, 5.74) is 14.5. The highest BCUT2D eigenvalue weighted by Gasteiger charge is 2.15. The van der Waals surface area contributed by atoms with E-state index in [9.17, 15) is 0 Å². The Morgan fingerprint density at radius 1 is 0.630 bits per heavy atom. The fourth-order valence-corrected chi connectivity index (χ4v) is 5.56. The topological polar surface area (TPSA) is 12.9 Å². The number of rotatable bonds is 12. The lowest BCUT2D eigenvalue weighted by Crippen LogP contribution is -2.02. The predicted molar refractivity (Wildman–Crippen MR) is 212 cm³/mol. The van der Waals surface area contributed by atoms with Gasteiger partial charge in [-0.3, -0.25) is 0 Å². The molecule has 0 aliphatic heterocycles. The van der Waals surface area contributed by atoms with Crippen molar-refractivity contribution in [2.45, 2.75) is 160 Å². The third kappa shape index (κ3) is 14.2. The summed E-state index contributed by atoms with van der Waals surface area (Å²) in [7, 11) is 0.